The van der Waals surface area contributed by atoms with Crippen molar-refractivity contribution in [2.75, 3.05) is 5.32 Å². The molecule has 0 aliphatic rings. The topological polar surface area (TPSA) is 81.3 Å². The van der Waals surface area contributed by atoms with E-state index in [-0.39, 0.29) is 17.1 Å². The van der Waals surface area contributed by atoms with Crippen molar-refractivity contribution < 1.29 is 9.18 Å². The van der Waals surface area contributed by atoms with Gasteiger partial charge in [-0.05, 0) is 43.7 Å². The van der Waals surface area contributed by atoms with Crippen LogP contribution in [0.5, 0.6) is 0 Å². The molecule has 2 heterocycles. The van der Waals surface area contributed by atoms with Crippen molar-refractivity contribution in [3.8, 4) is 5.69 Å². The minimum Gasteiger partial charge on any atom is -0.326 e. The molecule has 1 amide bonds. The van der Waals surface area contributed by atoms with Crippen LogP contribution < -0.4 is 10.9 Å². The van der Waals surface area contributed by atoms with Gasteiger partial charge in [-0.3, -0.25) is 18.6 Å². The van der Waals surface area contributed by atoms with Gasteiger partial charge < -0.3 is 5.32 Å². The highest BCUT2D eigenvalue weighted by Crippen LogP contribution is 2.12. The van der Waals surface area contributed by atoms with Crippen LogP contribution in [0.4, 0.5) is 10.1 Å². The van der Waals surface area contributed by atoms with Crippen LogP contribution in [-0.2, 0) is 11.2 Å². The van der Waals surface area contributed by atoms with Gasteiger partial charge in [-0.15, -0.1) is 10.2 Å². The van der Waals surface area contributed by atoms with Crippen LogP contribution in [0, 0.1) is 12.7 Å². The molecule has 0 unspecified atom stereocenters. The Kier molecular flexibility index (Phi) is 5.38. The first-order valence-corrected chi connectivity index (χ1v) is 9.59. The van der Waals surface area contributed by atoms with Gasteiger partial charge in [-0.25, -0.2) is 4.39 Å². The van der Waals surface area contributed by atoms with Crippen molar-refractivity contribution in [2.24, 2.45) is 0 Å². The number of hydrogen-bond acceptors (Lipinski definition) is 4. The van der Waals surface area contributed by atoms with E-state index in [1.54, 1.807) is 22.9 Å². The molecule has 1 N–H and O–H groups in total. The third-order valence-electron chi connectivity index (χ3n) is 4.77. The first-order chi connectivity index (χ1) is 14.5. The van der Waals surface area contributed by atoms with E-state index < -0.39 is 5.82 Å². The number of hydrogen-bond donors (Lipinski definition) is 1. The lowest BCUT2D eigenvalue weighted by molar-refractivity contribution is -0.116. The smallest absolute Gasteiger partial charge is 0.300 e. The molecule has 0 saturated heterocycles. The standard InChI is InChI=1S/C22H20FN5O2/c1-15-8-10-17(11-9-15)24-20(29)7-3-6-19-25-26-21-22(30)27(12-13-28(19)21)18-5-2-4-16(23)14-18/h2,4-5,8-14H,3,6-7H2,1H3,(H,24,29). The zero-order valence-corrected chi connectivity index (χ0v) is 16.4. The first kappa shape index (κ1) is 19.5. The minimum atomic E-state index is -0.426. The highest BCUT2D eigenvalue weighted by atomic mass is 19.1. The fourth-order valence-corrected chi connectivity index (χ4v) is 3.20. The Morgan fingerprint density at radius 3 is 2.67 bits per heavy atom. The molecule has 0 bridgehead atoms. The number of aryl methyl sites for hydroxylation is 2. The summed E-state index contributed by atoms with van der Waals surface area (Å²) in [4.78, 5) is 24.9. The summed E-state index contributed by atoms with van der Waals surface area (Å²) in [6.45, 7) is 1.99. The van der Waals surface area contributed by atoms with E-state index in [0.29, 0.717) is 30.8 Å². The van der Waals surface area contributed by atoms with Crippen LogP contribution >= 0.6 is 0 Å². The molecule has 4 aromatic rings. The predicted molar refractivity (Wildman–Crippen MR) is 111 cm³/mol. The van der Waals surface area contributed by atoms with Crippen LogP contribution in [0.3, 0.4) is 0 Å². The number of carbonyl (C=O) groups is 1. The fourth-order valence-electron chi connectivity index (χ4n) is 3.20. The molecule has 7 nitrogen and oxygen atoms in total. The van der Waals surface area contributed by atoms with Gasteiger partial charge in [0.25, 0.3) is 0 Å². The number of anilines is 1. The van der Waals surface area contributed by atoms with E-state index in [4.69, 9.17) is 0 Å². The summed E-state index contributed by atoms with van der Waals surface area (Å²) in [5.74, 6) is 0.0862. The van der Waals surface area contributed by atoms with Crippen LogP contribution in [0.15, 0.2) is 65.7 Å². The van der Waals surface area contributed by atoms with Crippen LogP contribution in [0.25, 0.3) is 11.3 Å². The highest BCUT2D eigenvalue weighted by molar-refractivity contribution is 5.90. The molecule has 0 fully saturated rings. The average Bonchev–Trinajstić information content (AvgIpc) is 3.14. The van der Waals surface area contributed by atoms with Gasteiger partial charge in [-0.1, -0.05) is 23.8 Å². The molecule has 0 radical (unpaired) electrons. The molecule has 0 atom stereocenters. The number of benzene rings is 2. The average molecular weight is 405 g/mol. The van der Waals surface area contributed by atoms with E-state index in [1.807, 2.05) is 31.2 Å². The van der Waals surface area contributed by atoms with Gasteiger partial charge in [0.15, 0.2) is 0 Å². The molecule has 8 heteroatoms. The fraction of sp³-hybridized carbons (Fsp3) is 0.182. The normalized spacial score (nSPS) is 11.0. The van der Waals surface area contributed by atoms with E-state index in [0.717, 1.165) is 11.3 Å². The lowest BCUT2D eigenvalue weighted by atomic mass is 10.2. The van der Waals surface area contributed by atoms with Crippen LogP contribution in [0.1, 0.15) is 24.2 Å². The SMILES string of the molecule is Cc1ccc(NC(=O)CCCc2nnc3c(=O)n(-c4cccc(F)c4)ccn23)cc1. The molecule has 30 heavy (non-hydrogen) atoms. The summed E-state index contributed by atoms with van der Waals surface area (Å²) in [6, 6.07) is 13.4. The summed E-state index contributed by atoms with van der Waals surface area (Å²) < 4.78 is 16.4. The number of fused-ring (bicyclic) bond motifs is 1. The Morgan fingerprint density at radius 1 is 1.10 bits per heavy atom. The Hall–Kier alpha value is -3.81. The zero-order chi connectivity index (χ0) is 21.1. The second-order valence-electron chi connectivity index (χ2n) is 7.03. The second-order valence-corrected chi connectivity index (χ2v) is 7.03. The number of carbonyl (C=O) groups excluding carboxylic acids is 1. The summed E-state index contributed by atoms with van der Waals surface area (Å²) in [7, 11) is 0. The van der Waals surface area contributed by atoms with Gasteiger partial charge in [0.2, 0.25) is 11.6 Å². The molecule has 0 spiro atoms. The summed E-state index contributed by atoms with van der Waals surface area (Å²) >= 11 is 0. The van der Waals surface area contributed by atoms with E-state index in [2.05, 4.69) is 15.5 Å². The first-order valence-electron chi connectivity index (χ1n) is 9.59. The Bertz CT molecular complexity index is 1260. The third kappa shape index (κ3) is 4.12. The van der Waals surface area contributed by atoms with Crippen molar-refractivity contribution in [1.29, 1.82) is 0 Å². The maximum absolute atomic E-state index is 13.5. The van der Waals surface area contributed by atoms with Gasteiger partial charge >= 0.3 is 5.56 Å². The number of rotatable bonds is 6. The van der Waals surface area contributed by atoms with Gasteiger partial charge in [-0.2, -0.15) is 0 Å². The van der Waals surface area contributed by atoms with Crippen molar-refractivity contribution >= 4 is 17.2 Å². The number of nitrogens with zero attached hydrogens (tertiary/aromatic N) is 4. The largest absolute Gasteiger partial charge is 0.326 e. The van der Waals surface area contributed by atoms with Crippen LogP contribution in [-0.4, -0.2) is 25.1 Å². The van der Waals surface area contributed by atoms with E-state index in [1.165, 1.54) is 22.8 Å². The lowest BCUT2D eigenvalue weighted by Gasteiger charge is -2.07. The second kappa shape index (κ2) is 8.28. The molecule has 4 rings (SSSR count). The molecule has 0 aliphatic carbocycles. The predicted octanol–water partition coefficient (Wildman–Crippen LogP) is 3.29. The maximum Gasteiger partial charge on any atom is 0.300 e. The molecular weight excluding hydrogens is 385 g/mol. The molecular formula is C22H20FN5O2. The quantitative estimate of drug-likeness (QED) is 0.534. The van der Waals surface area contributed by atoms with Crippen molar-refractivity contribution in [3.05, 3.63) is 88.5 Å². The molecule has 2 aromatic carbocycles. The van der Waals surface area contributed by atoms with Gasteiger partial charge in [0.1, 0.15) is 11.6 Å². The third-order valence-corrected chi connectivity index (χ3v) is 4.77. The number of aromatic nitrogens is 4. The molecule has 0 saturated carbocycles. The number of nitrogens with one attached hydrogen (secondary N) is 1. The highest BCUT2D eigenvalue weighted by Gasteiger charge is 2.12. The number of halogens is 1. The lowest BCUT2D eigenvalue weighted by Crippen LogP contribution is -2.20. The monoisotopic (exact) mass is 405 g/mol. The summed E-state index contributed by atoms with van der Waals surface area (Å²) in [5.41, 5.74) is 2.07. The van der Waals surface area contributed by atoms with E-state index in [9.17, 15) is 14.0 Å². The van der Waals surface area contributed by atoms with Crippen molar-refractivity contribution in [1.82, 2.24) is 19.2 Å². The number of amides is 1. The molecule has 152 valence electrons. The molecule has 0 aliphatic heterocycles. The van der Waals surface area contributed by atoms with Crippen molar-refractivity contribution in [2.45, 2.75) is 26.2 Å². The van der Waals surface area contributed by atoms with Gasteiger partial charge in [0.05, 0.1) is 5.69 Å². The minimum absolute atomic E-state index is 0.0823. The maximum atomic E-state index is 13.5. The van der Waals surface area contributed by atoms with Gasteiger partial charge in [0, 0.05) is 30.9 Å². The molecule has 2 aromatic heterocycles. The van der Waals surface area contributed by atoms with Crippen molar-refractivity contribution in [3.63, 3.8) is 0 Å². The zero-order valence-electron chi connectivity index (χ0n) is 16.4. The summed E-state index contributed by atoms with van der Waals surface area (Å²) in [6.07, 6.45) is 4.60. The Labute approximate surface area is 171 Å². The Balaban J connectivity index is 1.44. The Morgan fingerprint density at radius 2 is 1.90 bits per heavy atom. The van der Waals surface area contributed by atoms with Crippen LogP contribution in [0.2, 0.25) is 0 Å². The van der Waals surface area contributed by atoms with E-state index >= 15 is 0 Å². The summed E-state index contributed by atoms with van der Waals surface area (Å²) in [5, 5.41) is 10.9.